The van der Waals surface area contributed by atoms with Crippen molar-refractivity contribution in [2.45, 2.75) is 6.92 Å². The third kappa shape index (κ3) is 3.10. The van der Waals surface area contributed by atoms with Crippen LogP contribution >= 0.6 is 0 Å². The van der Waals surface area contributed by atoms with Crippen molar-refractivity contribution in [1.29, 1.82) is 0 Å². The Morgan fingerprint density at radius 3 is 1.80 bits per heavy atom. The fourth-order valence-electron chi connectivity index (χ4n) is 6.00. The van der Waals surface area contributed by atoms with Crippen LogP contribution < -0.4 is 4.90 Å². The normalized spacial score (nSPS) is 24.3. The molecule has 6 rings (SSSR count). The molecule has 6 heteroatoms. The number of anilines is 1. The Balaban J connectivity index is 1.48. The molecule has 0 aromatic heterocycles. The van der Waals surface area contributed by atoms with E-state index in [1.165, 1.54) is 17.0 Å². The highest BCUT2D eigenvalue weighted by molar-refractivity contribution is 6.24. The topological polar surface area (TPSA) is 80.5 Å². The van der Waals surface area contributed by atoms with Gasteiger partial charge in [0.15, 0.2) is 0 Å². The van der Waals surface area contributed by atoms with Gasteiger partial charge >= 0.3 is 0 Å². The molecule has 172 valence electrons. The van der Waals surface area contributed by atoms with Crippen molar-refractivity contribution in [1.82, 2.24) is 0 Å². The van der Waals surface area contributed by atoms with Crippen molar-refractivity contribution in [3.63, 3.8) is 0 Å². The second kappa shape index (κ2) is 7.87. The molecule has 2 bridgehead atoms. The van der Waals surface area contributed by atoms with Gasteiger partial charge in [-0.15, -0.1) is 0 Å². The molecule has 3 aromatic rings. The van der Waals surface area contributed by atoms with E-state index >= 15 is 0 Å². The average molecular weight is 463 g/mol. The molecule has 0 N–H and O–H groups in total. The van der Waals surface area contributed by atoms with Crippen LogP contribution in [0.25, 0.3) is 5.57 Å². The summed E-state index contributed by atoms with van der Waals surface area (Å²) in [6.07, 6.45) is 4.12. The summed E-state index contributed by atoms with van der Waals surface area (Å²) < 4.78 is 0. The van der Waals surface area contributed by atoms with Gasteiger partial charge < -0.3 is 0 Å². The molecule has 3 aliphatic rings. The average Bonchev–Trinajstić information content (AvgIpc) is 3.50. The van der Waals surface area contributed by atoms with Gasteiger partial charge in [-0.2, -0.15) is 0 Å². The van der Waals surface area contributed by atoms with Crippen LogP contribution in [0.15, 0.2) is 96.6 Å². The van der Waals surface area contributed by atoms with Crippen molar-refractivity contribution in [2.24, 2.45) is 23.7 Å². The lowest BCUT2D eigenvalue weighted by Gasteiger charge is -2.22. The molecule has 35 heavy (non-hydrogen) atoms. The Hall–Kier alpha value is -4.32. The number of hydrogen-bond acceptors (Lipinski definition) is 4. The van der Waals surface area contributed by atoms with Gasteiger partial charge in [0, 0.05) is 24.0 Å². The lowest BCUT2D eigenvalue weighted by Crippen LogP contribution is -2.34. The number of benzene rings is 3. The van der Waals surface area contributed by atoms with Crippen molar-refractivity contribution in [3.8, 4) is 0 Å². The minimum atomic E-state index is -0.507. The number of rotatable bonds is 4. The molecule has 3 aromatic carbocycles. The number of nitro benzene ring substituents is 1. The summed E-state index contributed by atoms with van der Waals surface area (Å²) in [6, 6.07) is 24.5. The first-order chi connectivity index (χ1) is 17.0. The Morgan fingerprint density at radius 2 is 1.31 bits per heavy atom. The van der Waals surface area contributed by atoms with E-state index in [-0.39, 0.29) is 29.3 Å². The van der Waals surface area contributed by atoms with E-state index in [2.05, 4.69) is 36.4 Å². The molecule has 2 fully saturated rings. The number of aryl methyl sites for hydroxylation is 1. The zero-order chi connectivity index (χ0) is 24.3. The van der Waals surface area contributed by atoms with Gasteiger partial charge in [-0.3, -0.25) is 19.7 Å². The molecule has 1 heterocycles. The van der Waals surface area contributed by atoms with Crippen LogP contribution in [0.2, 0.25) is 0 Å². The number of hydrogen-bond donors (Lipinski definition) is 0. The van der Waals surface area contributed by atoms with E-state index in [1.807, 2.05) is 36.4 Å². The number of fused-ring (bicyclic) bond motifs is 5. The van der Waals surface area contributed by atoms with Crippen LogP contribution in [-0.2, 0) is 9.59 Å². The molecular formula is C29H22N2O4. The fraction of sp³-hybridized carbons (Fsp3) is 0.172. The zero-order valence-electron chi connectivity index (χ0n) is 19.0. The number of imide groups is 1. The van der Waals surface area contributed by atoms with E-state index < -0.39 is 16.8 Å². The zero-order valence-corrected chi connectivity index (χ0v) is 19.0. The second-order valence-electron chi connectivity index (χ2n) is 9.29. The first-order valence-corrected chi connectivity index (χ1v) is 11.6. The third-order valence-corrected chi connectivity index (χ3v) is 7.47. The van der Waals surface area contributed by atoms with Gasteiger partial charge in [0.1, 0.15) is 0 Å². The smallest absolute Gasteiger partial charge is 0.271 e. The minimum absolute atomic E-state index is 0.139. The summed E-state index contributed by atoms with van der Waals surface area (Å²) in [6.45, 7) is 1.76. The molecule has 6 nitrogen and oxygen atoms in total. The maximum atomic E-state index is 13.7. The highest BCUT2D eigenvalue weighted by Gasteiger charge is 2.62. The number of non-ortho nitro benzene ring substituents is 1. The predicted octanol–water partition coefficient (Wildman–Crippen LogP) is 5.33. The van der Waals surface area contributed by atoms with Crippen molar-refractivity contribution >= 4 is 28.8 Å². The van der Waals surface area contributed by atoms with Crippen molar-refractivity contribution in [3.05, 3.63) is 123 Å². The van der Waals surface area contributed by atoms with E-state index in [4.69, 9.17) is 0 Å². The summed E-state index contributed by atoms with van der Waals surface area (Å²) in [5, 5.41) is 11.3. The molecule has 1 saturated carbocycles. The van der Waals surface area contributed by atoms with Gasteiger partial charge in [-0.25, -0.2) is 4.90 Å². The van der Waals surface area contributed by atoms with E-state index in [0.717, 1.165) is 22.3 Å². The van der Waals surface area contributed by atoms with Gasteiger partial charge in [0.2, 0.25) is 11.8 Å². The number of carbonyl (C=O) groups is 2. The number of nitrogens with zero attached hydrogens (tertiary/aromatic N) is 2. The SMILES string of the molecule is Cc1ccc([N+](=O)[O-])cc1N1C(=O)[C@@H]2[C@H](C1=O)[C@H]1C=C[C@@H]2C1=C(c1ccccc1)c1ccccc1. The highest BCUT2D eigenvalue weighted by Crippen LogP contribution is 2.59. The Morgan fingerprint density at radius 1 is 0.800 bits per heavy atom. The van der Waals surface area contributed by atoms with E-state index in [9.17, 15) is 19.7 Å². The van der Waals surface area contributed by atoms with Crippen LogP contribution in [0.3, 0.4) is 0 Å². The molecule has 2 amide bonds. The predicted molar refractivity (Wildman–Crippen MR) is 132 cm³/mol. The maximum Gasteiger partial charge on any atom is 0.271 e. The summed E-state index contributed by atoms with van der Waals surface area (Å²) in [5.74, 6) is -1.96. The summed E-state index contributed by atoms with van der Waals surface area (Å²) in [4.78, 5) is 39.5. The fourth-order valence-corrected chi connectivity index (χ4v) is 6.00. The molecule has 1 aliphatic heterocycles. The monoisotopic (exact) mass is 462 g/mol. The maximum absolute atomic E-state index is 13.7. The van der Waals surface area contributed by atoms with Crippen LogP contribution in [0.5, 0.6) is 0 Å². The van der Waals surface area contributed by atoms with Gasteiger partial charge in [-0.1, -0.05) is 78.9 Å². The molecule has 0 spiro atoms. The summed E-state index contributed by atoms with van der Waals surface area (Å²) >= 11 is 0. The molecule has 0 radical (unpaired) electrons. The number of allylic oxidation sites excluding steroid dienone is 3. The first kappa shape index (κ1) is 21.2. The Bertz CT molecular complexity index is 1370. The van der Waals surface area contributed by atoms with E-state index in [0.29, 0.717) is 11.3 Å². The van der Waals surface area contributed by atoms with Crippen molar-refractivity contribution in [2.75, 3.05) is 4.90 Å². The number of carbonyl (C=O) groups excluding carboxylic acids is 2. The van der Waals surface area contributed by atoms with Crippen LogP contribution in [0.1, 0.15) is 16.7 Å². The van der Waals surface area contributed by atoms with Crippen LogP contribution in [0.4, 0.5) is 11.4 Å². The van der Waals surface area contributed by atoms with Crippen LogP contribution in [-0.4, -0.2) is 16.7 Å². The van der Waals surface area contributed by atoms with E-state index in [1.54, 1.807) is 13.0 Å². The largest absolute Gasteiger partial charge is 0.274 e. The van der Waals surface area contributed by atoms with Gasteiger partial charge in [0.25, 0.3) is 5.69 Å². The molecule has 0 unspecified atom stereocenters. The quantitative estimate of drug-likeness (QED) is 0.227. The lowest BCUT2D eigenvalue weighted by atomic mass is 9.85. The summed E-state index contributed by atoms with van der Waals surface area (Å²) in [5.41, 5.74) is 5.11. The minimum Gasteiger partial charge on any atom is -0.274 e. The second-order valence-corrected chi connectivity index (χ2v) is 9.29. The van der Waals surface area contributed by atoms with Crippen molar-refractivity contribution < 1.29 is 14.5 Å². The highest BCUT2D eigenvalue weighted by atomic mass is 16.6. The van der Waals surface area contributed by atoms with Crippen LogP contribution in [0, 0.1) is 40.7 Å². The summed E-state index contributed by atoms with van der Waals surface area (Å²) in [7, 11) is 0. The first-order valence-electron chi connectivity index (χ1n) is 11.6. The number of nitro groups is 1. The van der Waals surface area contributed by atoms with Gasteiger partial charge in [0.05, 0.1) is 22.4 Å². The molecule has 1 saturated heterocycles. The standard InChI is InChI=1S/C29H22N2O4/c1-17-12-13-20(31(34)35)16-23(17)30-28(32)26-21-14-15-22(27(26)29(30)33)25(21)24(18-8-4-2-5-9-18)19-10-6-3-7-11-19/h2-16,21-22,26-27H,1H3/t21-,22+,26+,27-. The molecular weight excluding hydrogens is 440 g/mol. The third-order valence-electron chi connectivity index (χ3n) is 7.47. The Kier molecular flexibility index (Phi) is 4.78. The number of amides is 2. The lowest BCUT2D eigenvalue weighted by molar-refractivity contribution is -0.384. The molecule has 2 aliphatic carbocycles. The Labute approximate surface area is 202 Å². The van der Waals surface area contributed by atoms with Gasteiger partial charge in [-0.05, 0) is 34.8 Å². The molecule has 4 atom stereocenters.